The second-order valence-electron chi connectivity index (χ2n) is 6.58. The summed E-state index contributed by atoms with van der Waals surface area (Å²) in [5.41, 5.74) is 4.88. The van der Waals surface area contributed by atoms with Crippen LogP contribution in [0.25, 0.3) is 0 Å². The zero-order chi connectivity index (χ0) is 16.5. The Labute approximate surface area is 143 Å². The fraction of sp³-hybridized carbons (Fsp3) is 0.227. The average Bonchev–Trinajstić information content (AvgIpc) is 2.63. The highest BCUT2D eigenvalue weighted by atomic mass is 16.5. The van der Waals surface area contributed by atoms with Gasteiger partial charge in [0.05, 0.1) is 5.69 Å². The number of hydrogen-bond donors (Lipinski definition) is 0. The van der Waals surface area contributed by atoms with Crippen molar-refractivity contribution in [2.75, 3.05) is 0 Å². The van der Waals surface area contributed by atoms with Gasteiger partial charge in [-0.25, -0.2) is 0 Å². The number of ether oxygens (including phenoxy) is 1. The molecule has 3 atom stereocenters. The van der Waals surface area contributed by atoms with Crippen molar-refractivity contribution in [3.8, 4) is 5.75 Å². The molecule has 1 aliphatic rings. The Morgan fingerprint density at radius 2 is 1.71 bits per heavy atom. The van der Waals surface area contributed by atoms with Crippen LogP contribution in [0.1, 0.15) is 41.3 Å². The maximum atomic E-state index is 6.37. The second-order valence-corrected chi connectivity index (χ2v) is 6.58. The lowest BCUT2D eigenvalue weighted by Crippen LogP contribution is -2.29. The number of hydrogen-bond acceptors (Lipinski definition) is 2. The summed E-state index contributed by atoms with van der Waals surface area (Å²) >= 11 is 0. The van der Waals surface area contributed by atoms with Crippen molar-refractivity contribution >= 4 is 0 Å². The van der Waals surface area contributed by atoms with Gasteiger partial charge in [0.25, 0.3) is 0 Å². The smallest absolute Gasteiger partial charge is 0.144 e. The van der Waals surface area contributed by atoms with Crippen LogP contribution in [0.4, 0.5) is 0 Å². The molecule has 0 N–H and O–H groups in total. The lowest BCUT2D eigenvalue weighted by atomic mass is 9.75. The molecule has 2 aromatic carbocycles. The standard InChI is InChI=1S/C22H21NO/c1-15-11-12-20-18(14-15)21(17-8-4-3-5-9-17)16(2)22(24-20)19-10-6-7-13-23-19/h3-14,16,21-22H,1-2H3. The van der Waals surface area contributed by atoms with E-state index in [4.69, 9.17) is 4.74 Å². The van der Waals surface area contributed by atoms with E-state index in [1.165, 1.54) is 16.7 Å². The minimum atomic E-state index is -0.0355. The number of benzene rings is 2. The second kappa shape index (κ2) is 6.12. The summed E-state index contributed by atoms with van der Waals surface area (Å²) in [6, 6.07) is 23.2. The molecule has 0 fully saturated rings. The first-order valence-electron chi connectivity index (χ1n) is 8.47. The lowest BCUT2D eigenvalue weighted by molar-refractivity contribution is 0.107. The SMILES string of the molecule is Cc1ccc2c(c1)C(c1ccccc1)C(C)C(c1ccccn1)O2. The molecular formula is C22H21NO. The number of aromatic nitrogens is 1. The van der Waals surface area contributed by atoms with Gasteiger partial charge in [-0.1, -0.05) is 61.0 Å². The van der Waals surface area contributed by atoms with E-state index in [0.717, 1.165) is 11.4 Å². The van der Waals surface area contributed by atoms with Crippen molar-refractivity contribution in [3.63, 3.8) is 0 Å². The fourth-order valence-corrected chi connectivity index (χ4v) is 3.74. The van der Waals surface area contributed by atoms with Gasteiger partial charge in [-0.2, -0.15) is 0 Å². The lowest BCUT2D eigenvalue weighted by Gasteiger charge is -2.38. The Morgan fingerprint density at radius 1 is 0.917 bits per heavy atom. The third-order valence-corrected chi connectivity index (χ3v) is 4.90. The number of aryl methyl sites for hydroxylation is 1. The highest BCUT2D eigenvalue weighted by Gasteiger charge is 2.37. The topological polar surface area (TPSA) is 22.1 Å². The number of fused-ring (bicyclic) bond motifs is 1. The molecule has 4 rings (SSSR count). The van der Waals surface area contributed by atoms with Gasteiger partial charge in [0, 0.05) is 23.6 Å². The summed E-state index contributed by atoms with van der Waals surface area (Å²) in [4.78, 5) is 4.55. The van der Waals surface area contributed by atoms with Gasteiger partial charge in [-0.3, -0.25) is 4.98 Å². The first kappa shape index (κ1) is 14.9. The summed E-state index contributed by atoms with van der Waals surface area (Å²) in [7, 11) is 0. The Morgan fingerprint density at radius 3 is 2.46 bits per heavy atom. The Kier molecular flexibility index (Phi) is 3.81. The van der Waals surface area contributed by atoms with Gasteiger partial charge < -0.3 is 4.74 Å². The Balaban J connectivity index is 1.85. The highest BCUT2D eigenvalue weighted by molar-refractivity contribution is 5.47. The summed E-state index contributed by atoms with van der Waals surface area (Å²) < 4.78 is 6.37. The zero-order valence-corrected chi connectivity index (χ0v) is 14.0. The van der Waals surface area contributed by atoms with E-state index in [1.54, 1.807) is 0 Å². The molecule has 0 amide bonds. The van der Waals surface area contributed by atoms with Gasteiger partial charge in [-0.15, -0.1) is 0 Å². The molecule has 0 saturated carbocycles. The molecule has 2 heteroatoms. The monoisotopic (exact) mass is 315 g/mol. The van der Waals surface area contributed by atoms with Gasteiger partial charge in [0.15, 0.2) is 0 Å². The van der Waals surface area contributed by atoms with Crippen LogP contribution in [0.5, 0.6) is 5.75 Å². The van der Waals surface area contributed by atoms with Crippen LogP contribution in [0.3, 0.4) is 0 Å². The zero-order valence-electron chi connectivity index (χ0n) is 14.0. The summed E-state index contributed by atoms with van der Waals surface area (Å²) in [5, 5.41) is 0. The van der Waals surface area contributed by atoms with E-state index in [2.05, 4.69) is 73.4 Å². The van der Waals surface area contributed by atoms with Crippen LogP contribution in [-0.2, 0) is 0 Å². The van der Waals surface area contributed by atoms with Crippen molar-refractivity contribution in [2.24, 2.45) is 5.92 Å². The molecule has 0 saturated heterocycles. The van der Waals surface area contributed by atoms with Gasteiger partial charge in [0.1, 0.15) is 11.9 Å². The van der Waals surface area contributed by atoms with Crippen molar-refractivity contribution in [1.82, 2.24) is 4.98 Å². The number of nitrogens with zero attached hydrogens (tertiary/aromatic N) is 1. The summed E-state index contributed by atoms with van der Waals surface area (Å²) in [6.07, 6.45) is 1.81. The molecular weight excluding hydrogens is 294 g/mol. The van der Waals surface area contributed by atoms with Crippen molar-refractivity contribution in [3.05, 3.63) is 95.3 Å². The van der Waals surface area contributed by atoms with E-state index in [9.17, 15) is 0 Å². The molecule has 1 aromatic heterocycles. The average molecular weight is 315 g/mol. The maximum Gasteiger partial charge on any atom is 0.144 e. The minimum absolute atomic E-state index is 0.0355. The normalized spacial score (nSPS) is 22.5. The molecule has 0 radical (unpaired) electrons. The van der Waals surface area contributed by atoms with E-state index in [-0.39, 0.29) is 6.10 Å². The maximum absolute atomic E-state index is 6.37. The van der Waals surface area contributed by atoms with Crippen LogP contribution in [0, 0.1) is 12.8 Å². The van der Waals surface area contributed by atoms with Gasteiger partial charge in [0.2, 0.25) is 0 Å². The van der Waals surface area contributed by atoms with Gasteiger partial charge >= 0.3 is 0 Å². The molecule has 0 bridgehead atoms. The summed E-state index contributed by atoms with van der Waals surface area (Å²) in [6.45, 7) is 4.40. The van der Waals surface area contributed by atoms with E-state index in [0.29, 0.717) is 11.8 Å². The van der Waals surface area contributed by atoms with Crippen LogP contribution >= 0.6 is 0 Å². The first-order chi connectivity index (χ1) is 11.7. The van der Waals surface area contributed by atoms with Crippen LogP contribution in [0.2, 0.25) is 0 Å². The van der Waals surface area contributed by atoms with Crippen LogP contribution < -0.4 is 4.74 Å². The summed E-state index contributed by atoms with van der Waals surface area (Å²) in [5.74, 6) is 1.58. The molecule has 2 nitrogen and oxygen atoms in total. The first-order valence-corrected chi connectivity index (χ1v) is 8.47. The number of pyridine rings is 1. The van der Waals surface area contributed by atoms with Crippen molar-refractivity contribution in [1.29, 1.82) is 0 Å². The van der Waals surface area contributed by atoms with E-state index < -0.39 is 0 Å². The molecule has 0 aliphatic carbocycles. The minimum Gasteiger partial charge on any atom is -0.484 e. The van der Waals surface area contributed by atoms with Crippen LogP contribution in [-0.4, -0.2) is 4.98 Å². The predicted molar refractivity (Wildman–Crippen MR) is 96.2 cm³/mol. The van der Waals surface area contributed by atoms with E-state index in [1.807, 2.05) is 18.3 Å². The Bertz CT molecular complexity index is 829. The highest BCUT2D eigenvalue weighted by Crippen LogP contribution is 2.48. The molecule has 3 aromatic rings. The number of rotatable bonds is 2. The molecule has 3 unspecified atom stereocenters. The quantitative estimate of drug-likeness (QED) is 0.641. The van der Waals surface area contributed by atoms with E-state index >= 15 is 0 Å². The predicted octanol–water partition coefficient (Wildman–Crippen LogP) is 5.29. The largest absolute Gasteiger partial charge is 0.484 e. The molecule has 24 heavy (non-hydrogen) atoms. The Hall–Kier alpha value is -2.61. The molecule has 120 valence electrons. The van der Waals surface area contributed by atoms with Gasteiger partial charge in [-0.05, 0) is 30.7 Å². The third-order valence-electron chi connectivity index (χ3n) is 4.90. The van der Waals surface area contributed by atoms with Crippen LogP contribution in [0.15, 0.2) is 72.9 Å². The van der Waals surface area contributed by atoms with Crippen molar-refractivity contribution < 1.29 is 4.74 Å². The van der Waals surface area contributed by atoms with Crippen molar-refractivity contribution in [2.45, 2.75) is 25.9 Å². The molecule has 0 spiro atoms. The molecule has 2 heterocycles. The third kappa shape index (κ3) is 2.58. The molecule has 1 aliphatic heterocycles. The fourth-order valence-electron chi connectivity index (χ4n) is 3.74.